The van der Waals surface area contributed by atoms with Crippen LogP contribution in [0.3, 0.4) is 0 Å². The maximum Gasteiger partial charge on any atom is 0.223 e. The van der Waals surface area contributed by atoms with Crippen molar-refractivity contribution in [1.82, 2.24) is 15.0 Å². The lowest BCUT2D eigenvalue weighted by atomic mass is 9.93. The topological polar surface area (TPSA) is 59.9 Å². The number of rotatable bonds is 5. The summed E-state index contributed by atoms with van der Waals surface area (Å²) in [5.74, 6) is 1.51. The van der Waals surface area contributed by atoms with E-state index in [4.69, 9.17) is 16.3 Å². The summed E-state index contributed by atoms with van der Waals surface area (Å²) >= 11 is 8.35. The third kappa shape index (κ3) is 3.91. The highest BCUT2D eigenvalue weighted by Gasteiger charge is 2.26. The standard InChI is InChI=1S/C17H20ClIN4O/c18-16-13-7-21-17(23-15(13)14(19)8-20-16)22-11-3-5-12(6-4-11)24-9-10-1-2-10/h7-8,10-12H,1-6,9H2,(H,21,22,23). The van der Waals surface area contributed by atoms with Crippen LogP contribution in [0.2, 0.25) is 5.15 Å². The fourth-order valence-electron chi connectivity index (χ4n) is 3.14. The zero-order chi connectivity index (χ0) is 16.5. The molecule has 0 aliphatic heterocycles. The first-order chi connectivity index (χ1) is 11.7. The van der Waals surface area contributed by atoms with Crippen LogP contribution in [0.4, 0.5) is 5.95 Å². The lowest BCUT2D eigenvalue weighted by Gasteiger charge is -2.29. The first kappa shape index (κ1) is 16.7. The van der Waals surface area contributed by atoms with Gasteiger partial charge in [0.15, 0.2) is 0 Å². The van der Waals surface area contributed by atoms with Crippen LogP contribution < -0.4 is 5.32 Å². The molecule has 7 heteroatoms. The Morgan fingerprint density at radius 2 is 1.92 bits per heavy atom. The summed E-state index contributed by atoms with van der Waals surface area (Å²) in [6.45, 7) is 0.962. The van der Waals surface area contributed by atoms with Crippen molar-refractivity contribution in [3.63, 3.8) is 0 Å². The van der Waals surface area contributed by atoms with Crippen molar-refractivity contribution >= 4 is 51.0 Å². The van der Waals surface area contributed by atoms with E-state index in [-0.39, 0.29) is 0 Å². The van der Waals surface area contributed by atoms with Crippen molar-refractivity contribution < 1.29 is 4.74 Å². The van der Waals surface area contributed by atoms with Gasteiger partial charge in [-0.25, -0.2) is 15.0 Å². The van der Waals surface area contributed by atoms with Gasteiger partial charge in [-0.15, -0.1) is 0 Å². The van der Waals surface area contributed by atoms with E-state index in [2.05, 4.69) is 42.9 Å². The van der Waals surface area contributed by atoms with Gasteiger partial charge in [0.1, 0.15) is 5.15 Å². The minimum absolute atomic E-state index is 0.415. The molecule has 0 amide bonds. The zero-order valence-electron chi connectivity index (χ0n) is 13.3. The molecule has 2 fully saturated rings. The number of fused-ring (bicyclic) bond motifs is 1. The number of hydrogen-bond acceptors (Lipinski definition) is 5. The molecule has 2 heterocycles. The van der Waals surface area contributed by atoms with E-state index in [1.54, 1.807) is 12.4 Å². The van der Waals surface area contributed by atoms with Crippen LogP contribution in [-0.4, -0.2) is 33.7 Å². The van der Waals surface area contributed by atoms with Gasteiger partial charge in [-0.3, -0.25) is 0 Å². The second-order valence-electron chi connectivity index (χ2n) is 6.75. The van der Waals surface area contributed by atoms with Crippen LogP contribution in [0, 0.1) is 9.49 Å². The van der Waals surface area contributed by atoms with Crippen molar-refractivity contribution in [2.24, 2.45) is 5.92 Å². The molecule has 0 radical (unpaired) electrons. The van der Waals surface area contributed by atoms with Gasteiger partial charge in [-0.05, 0) is 67.0 Å². The molecule has 0 saturated heterocycles. The number of hydrogen-bond donors (Lipinski definition) is 1. The van der Waals surface area contributed by atoms with E-state index in [1.165, 1.54) is 12.8 Å². The first-order valence-electron chi connectivity index (χ1n) is 8.54. The van der Waals surface area contributed by atoms with Gasteiger partial charge in [0.05, 0.1) is 20.6 Å². The molecule has 4 rings (SSSR count). The fourth-order valence-corrected chi connectivity index (χ4v) is 3.88. The van der Waals surface area contributed by atoms with E-state index < -0.39 is 0 Å². The molecular formula is C17H20ClIN4O. The highest BCUT2D eigenvalue weighted by Crippen LogP contribution is 2.31. The number of pyridine rings is 1. The van der Waals surface area contributed by atoms with E-state index in [0.29, 0.717) is 23.2 Å². The molecule has 0 atom stereocenters. The predicted molar refractivity (Wildman–Crippen MR) is 103 cm³/mol. The summed E-state index contributed by atoms with van der Waals surface area (Å²) in [5.41, 5.74) is 0.856. The lowest BCUT2D eigenvalue weighted by molar-refractivity contribution is 0.0203. The van der Waals surface area contributed by atoms with Crippen molar-refractivity contribution in [3.8, 4) is 0 Å². The van der Waals surface area contributed by atoms with Gasteiger partial charge in [0, 0.05) is 25.0 Å². The molecule has 0 unspecified atom stereocenters. The summed E-state index contributed by atoms with van der Waals surface area (Å²) in [5, 5.41) is 4.72. The highest BCUT2D eigenvalue weighted by molar-refractivity contribution is 14.1. The van der Waals surface area contributed by atoms with Gasteiger partial charge < -0.3 is 10.1 Å². The summed E-state index contributed by atoms with van der Waals surface area (Å²) in [4.78, 5) is 13.2. The molecule has 2 aromatic heterocycles. The molecule has 2 aliphatic carbocycles. The van der Waals surface area contributed by atoms with Crippen LogP contribution in [-0.2, 0) is 4.74 Å². The van der Waals surface area contributed by atoms with Crippen molar-refractivity contribution in [2.75, 3.05) is 11.9 Å². The van der Waals surface area contributed by atoms with Crippen LogP contribution in [0.25, 0.3) is 10.9 Å². The van der Waals surface area contributed by atoms with E-state index >= 15 is 0 Å². The van der Waals surface area contributed by atoms with Crippen molar-refractivity contribution in [3.05, 3.63) is 21.1 Å². The SMILES string of the molecule is Clc1ncc(I)c2nc(NC3CCC(OCC4CC4)CC3)ncc12. The van der Waals surface area contributed by atoms with Crippen LogP contribution in [0.1, 0.15) is 38.5 Å². The number of anilines is 1. The summed E-state index contributed by atoms with van der Waals surface area (Å²) in [6, 6.07) is 0.415. The smallest absolute Gasteiger partial charge is 0.223 e. The summed E-state index contributed by atoms with van der Waals surface area (Å²) < 4.78 is 6.99. The largest absolute Gasteiger partial charge is 0.378 e. The van der Waals surface area contributed by atoms with E-state index in [9.17, 15) is 0 Å². The van der Waals surface area contributed by atoms with Gasteiger partial charge in [-0.1, -0.05) is 11.6 Å². The molecular weight excluding hydrogens is 439 g/mol. The second kappa shape index (κ2) is 7.25. The highest BCUT2D eigenvalue weighted by atomic mass is 127. The molecule has 24 heavy (non-hydrogen) atoms. The summed E-state index contributed by atoms with van der Waals surface area (Å²) in [6.07, 6.45) is 11.1. The Balaban J connectivity index is 1.37. The number of ether oxygens (including phenoxy) is 1. The second-order valence-corrected chi connectivity index (χ2v) is 8.27. The Morgan fingerprint density at radius 3 is 2.67 bits per heavy atom. The predicted octanol–water partition coefficient (Wildman–Crippen LogP) is 4.43. The van der Waals surface area contributed by atoms with E-state index in [0.717, 1.165) is 52.7 Å². The normalized spacial score (nSPS) is 24.2. The maximum absolute atomic E-state index is 6.12. The third-order valence-electron chi connectivity index (χ3n) is 4.80. The molecule has 128 valence electrons. The van der Waals surface area contributed by atoms with Gasteiger partial charge in [-0.2, -0.15) is 0 Å². The summed E-state index contributed by atoms with van der Waals surface area (Å²) in [7, 11) is 0. The average molecular weight is 459 g/mol. The average Bonchev–Trinajstić information content (AvgIpc) is 3.42. The lowest BCUT2D eigenvalue weighted by Crippen LogP contribution is -2.30. The molecule has 2 saturated carbocycles. The Bertz CT molecular complexity index is 732. The minimum atomic E-state index is 0.415. The maximum atomic E-state index is 6.12. The minimum Gasteiger partial charge on any atom is -0.378 e. The molecule has 0 bridgehead atoms. The Morgan fingerprint density at radius 1 is 1.12 bits per heavy atom. The van der Waals surface area contributed by atoms with Crippen molar-refractivity contribution in [2.45, 2.75) is 50.7 Å². The van der Waals surface area contributed by atoms with E-state index in [1.807, 2.05) is 0 Å². The molecule has 5 nitrogen and oxygen atoms in total. The third-order valence-corrected chi connectivity index (χ3v) is 5.89. The fraction of sp³-hybridized carbons (Fsp3) is 0.588. The quantitative estimate of drug-likeness (QED) is 0.530. The molecule has 0 aromatic carbocycles. The Hall–Kier alpha value is -0.730. The van der Waals surface area contributed by atoms with Gasteiger partial charge in [0.2, 0.25) is 5.95 Å². The van der Waals surface area contributed by atoms with Crippen LogP contribution in [0.15, 0.2) is 12.4 Å². The van der Waals surface area contributed by atoms with Crippen LogP contribution in [0.5, 0.6) is 0 Å². The van der Waals surface area contributed by atoms with Gasteiger partial charge >= 0.3 is 0 Å². The number of aromatic nitrogens is 3. The molecule has 1 N–H and O–H groups in total. The molecule has 2 aromatic rings. The number of nitrogens with zero attached hydrogens (tertiary/aromatic N) is 3. The van der Waals surface area contributed by atoms with Crippen molar-refractivity contribution in [1.29, 1.82) is 0 Å². The molecule has 2 aliphatic rings. The Kier molecular flexibility index (Phi) is 5.05. The first-order valence-corrected chi connectivity index (χ1v) is 9.99. The van der Waals surface area contributed by atoms with Crippen LogP contribution >= 0.6 is 34.2 Å². The monoisotopic (exact) mass is 458 g/mol. The molecule has 0 spiro atoms. The Labute approximate surface area is 160 Å². The zero-order valence-corrected chi connectivity index (χ0v) is 16.3. The number of nitrogens with one attached hydrogen (secondary N) is 1. The van der Waals surface area contributed by atoms with Gasteiger partial charge in [0.25, 0.3) is 0 Å². The number of halogens is 2.